The second-order valence-electron chi connectivity index (χ2n) is 2.53. The lowest BCUT2D eigenvalue weighted by Crippen LogP contribution is -2.08. The van der Waals surface area contributed by atoms with Gasteiger partial charge in [0.1, 0.15) is 5.82 Å². The Labute approximate surface area is 80.6 Å². The van der Waals surface area contributed by atoms with Crippen LogP contribution in [0, 0.1) is 18.2 Å². The molecule has 0 spiro atoms. The van der Waals surface area contributed by atoms with Gasteiger partial charge in [-0.25, -0.2) is 9.18 Å². The summed E-state index contributed by atoms with van der Waals surface area (Å²) >= 11 is 0. The summed E-state index contributed by atoms with van der Waals surface area (Å²) in [5.41, 5.74) is -0.196. The predicted molar refractivity (Wildman–Crippen MR) is 50.7 cm³/mol. The number of nitrogens with one attached hydrogen (secondary N) is 1. The van der Waals surface area contributed by atoms with E-state index in [1.807, 2.05) is 0 Å². The molecule has 0 aliphatic heterocycles. The van der Waals surface area contributed by atoms with Crippen LogP contribution in [-0.2, 0) is 0 Å². The highest BCUT2D eigenvalue weighted by Gasteiger charge is 2.12. The van der Waals surface area contributed by atoms with Crippen LogP contribution in [0.1, 0.15) is 10.4 Å². The van der Waals surface area contributed by atoms with E-state index >= 15 is 0 Å². The molecule has 1 rings (SSSR count). The third kappa shape index (κ3) is 2.02. The largest absolute Gasteiger partial charge is 0.478 e. The number of terminal acetylenes is 1. The molecular weight excluding hydrogens is 185 g/mol. The van der Waals surface area contributed by atoms with Crippen molar-refractivity contribution in [3.63, 3.8) is 0 Å². The normalized spacial score (nSPS) is 9.14. The van der Waals surface area contributed by atoms with Crippen LogP contribution >= 0.6 is 0 Å². The Balaban J connectivity index is 3.10. The zero-order valence-corrected chi connectivity index (χ0v) is 7.25. The highest BCUT2D eigenvalue weighted by molar-refractivity contribution is 5.94. The second kappa shape index (κ2) is 4.28. The molecule has 0 atom stereocenters. The molecular formula is C10H8FNO2. The molecule has 0 saturated carbocycles. The van der Waals surface area contributed by atoms with Crippen molar-refractivity contribution in [3.8, 4) is 12.3 Å². The molecule has 0 unspecified atom stereocenters. The minimum Gasteiger partial charge on any atom is -0.478 e. The van der Waals surface area contributed by atoms with Gasteiger partial charge in [-0.3, -0.25) is 0 Å². The number of para-hydroxylation sites is 1. The van der Waals surface area contributed by atoms with Crippen molar-refractivity contribution in [1.29, 1.82) is 0 Å². The quantitative estimate of drug-likeness (QED) is 0.716. The van der Waals surface area contributed by atoms with Crippen LogP contribution in [0.15, 0.2) is 18.2 Å². The van der Waals surface area contributed by atoms with Crippen molar-refractivity contribution < 1.29 is 14.3 Å². The van der Waals surface area contributed by atoms with E-state index in [4.69, 9.17) is 11.5 Å². The lowest BCUT2D eigenvalue weighted by Gasteiger charge is -2.07. The number of carboxylic acids is 1. The summed E-state index contributed by atoms with van der Waals surface area (Å²) in [5.74, 6) is 0.423. The highest BCUT2D eigenvalue weighted by Crippen LogP contribution is 2.19. The number of hydrogen-bond donors (Lipinski definition) is 2. The van der Waals surface area contributed by atoms with Gasteiger partial charge in [0.2, 0.25) is 0 Å². The van der Waals surface area contributed by atoms with Gasteiger partial charge in [-0.15, -0.1) is 6.42 Å². The molecule has 1 aromatic carbocycles. The van der Waals surface area contributed by atoms with Crippen molar-refractivity contribution in [2.24, 2.45) is 0 Å². The number of halogens is 1. The first-order valence-corrected chi connectivity index (χ1v) is 3.86. The van der Waals surface area contributed by atoms with Gasteiger partial charge in [-0.2, -0.15) is 0 Å². The molecule has 0 heterocycles. The average molecular weight is 193 g/mol. The monoisotopic (exact) mass is 193 g/mol. The number of rotatable bonds is 3. The maximum absolute atomic E-state index is 13.1. The van der Waals surface area contributed by atoms with Gasteiger partial charge in [0, 0.05) is 0 Å². The van der Waals surface area contributed by atoms with E-state index in [2.05, 4.69) is 11.2 Å². The molecule has 0 bridgehead atoms. The van der Waals surface area contributed by atoms with Gasteiger partial charge in [0.15, 0.2) is 0 Å². The van der Waals surface area contributed by atoms with Gasteiger partial charge in [0.25, 0.3) is 0 Å². The van der Waals surface area contributed by atoms with Gasteiger partial charge >= 0.3 is 5.97 Å². The van der Waals surface area contributed by atoms with Crippen molar-refractivity contribution >= 4 is 11.7 Å². The maximum atomic E-state index is 13.1. The first kappa shape index (κ1) is 10.1. The third-order valence-corrected chi connectivity index (χ3v) is 1.61. The number of hydrogen-bond acceptors (Lipinski definition) is 2. The van der Waals surface area contributed by atoms with E-state index in [0.29, 0.717) is 0 Å². The number of benzene rings is 1. The van der Waals surface area contributed by atoms with Gasteiger partial charge in [-0.05, 0) is 12.1 Å². The zero-order chi connectivity index (χ0) is 10.6. The highest BCUT2D eigenvalue weighted by atomic mass is 19.1. The molecule has 0 amide bonds. The number of carboxylic acid groups (broad SMARTS) is 1. The van der Waals surface area contributed by atoms with Gasteiger partial charge in [0.05, 0.1) is 17.8 Å². The molecule has 4 heteroatoms. The fourth-order valence-corrected chi connectivity index (χ4v) is 1.02. The molecule has 0 aromatic heterocycles. The Hall–Kier alpha value is -2.02. The van der Waals surface area contributed by atoms with E-state index in [0.717, 1.165) is 0 Å². The summed E-state index contributed by atoms with van der Waals surface area (Å²) < 4.78 is 13.1. The summed E-state index contributed by atoms with van der Waals surface area (Å²) in [6.45, 7) is 0.0845. The van der Waals surface area contributed by atoms with Gasteiger partial charge in [-0.1, -0.05) is 12.0 Å². The van der Waals surface area contributed by atoms with Crippen molar-refractivity contribution in [1.82, 2.24) is 0 Å². The molecule has 0 fully saturated rings. The summed E-state index contributed by atoms with van der Waals surface area (Å²) in [5, 5.41) is 11.3. The summed E-state index contributed by atoms with van der Waals surface area (Å²) in [6.07, 6.45) is 4.97. The standard InChI is InChI=1S/C10H8FNO2/c1-2-6-12-9-7(10(13)14)4-3-5-8(9)11/h1,3-5,12H,6H2,(H,13,14). The van der Waals surface area contributed by atoms with E-state index < -0.39 is 11.8 Å². The van der Waals surface area contributed by atoms with Crippen LogP contribution in [0.25, 0.3) is 0 Å². The Kier molecular flexibility index (Phi) is 3.08. The number of aromatic carboxylic acids is 1. The molecule has 14 heavy (non-hydrogen) atoms. The molecule has 0 radical (unpaired) electrons. The second-order valence-corrected chi connectivity index (χ2v) is 2.53. The maximum Gasteiger partial charge on any atom is 0.337 e. The lowest BCUT2D eigenvalue weighted by atomic mass is 10.1. The minimum atomic E-state index is -1.19. The van der Waals surface area contributed by atoms with Crippen LogP contribution in [0.5, 0.6) is 0 Å². The first-order valence-electron chi connectivity index (χ1n) is 3.86. The first-order chi connectivity index (χ1) is 6.66. The van der Waals surface area contributed by atoms with Gasteiger partial charge < -0.3 is 10.4 Å². The molecule has 3 nitrogen and oxygen atoms in total. The van der Waals surface area contributed by atoms with Crippen LogP contribution in [0.2, 0.25) is 0 Å². The van der Waals surface area contributed by atoms with Crippen LogP contribution < -0.4 is 5.32 Å². The predicted octanol–water partition coefficient (Wildman–Crippen LogP) is 1.57. The third-order valence-electron chi connectivity index (χ3n) is 1.61. The molecule has 0 aliphatic carbocycles. The molecule has 0 saturated heterocycles. The lowest BCUT2D eigenvalue weighted by molar-refractivity contribution is 0.0697. The Morgan fingerprint density at radius 1 is 1.64 bits per heavy atom. The molecule has 2 N–H and O–H groups in total. The van der Waals surface area contributed by atoms with Crippen molar-refractivity contribution in [3.05, 3.63) is 29.6 Å². The molecule has 0 aliphatic rings. The zero-order valence-electron chi connectivity index (χ0n) is 7.25. The summed E-state index contributed by atoms with van der Waals surface area (Å²) in [7, 11) is 0. The molecule has 72 valence electrons. The van der Waals surface area contributed by atoms with E-state index in [-0.39, 0.29) is 17.8 Å². The van der Waals surface area contributed by atoms with Crippen LogP contribution in [0.4, 0.5) is 10.1 Å². The summed E-state index contributed by atoms with van der Waals surface area (Å²) in [6, 6.07) is 3.81. The average Bonchev–Trinajstić information content (AvgIpc) is 2.15. The van der Waals surface area contributed by atoms with Crippen molar-refractivity contribution in [2.45, 2.75) is 0 Å². The SMILES string of the molecule is C#CCNc1c(F)cccc1C(=O)O. The Morgan fingerprint density at radius 2 is 2.36 bits per heavy atom. The smallest absolute Gasteiger partial charge is 0.337 e. The van der Waals surface area contributed by atoms with Crippen LogP contribution in [-0.4, -0.2) is 17.6 Å². The fraction of sp³-hybridized carbons (Fsp3) is 0.100. The summed E-state index contributed by atoms with van der Waals surface area (Å²) in [4.78, 5) is 10.7. The minimum absolute atomic E-state index is 0.0713. The number of anilines is 1. The van der Waals surface area contributed by atoms with E-state index in [1.165, 1.54) is 18.2 Å². The van der Waals surface area contributed by atoms with Crippen LogP contribution in [0.3, 0.4) is 0 Å². The van der Waals surface area contributed by atoms with Crippen molar-refractivity contribution in [2.75, 3.05) is 11.9 Å². The molecule has 1 aromatic rings. The fourth-order valence-electron chi connectivity index (χ4n) is 1.02. The van der Waals surface area contributed by atoms with E-state index in [9.17, 15) is 9.18 Å². The topological polar surface area (TPSA) is 49.3 Å². The number of carbonyl (C=O) groups is 1. The van der Waals surface area contributed by atoms with E-state index in [1.54, 1.807) is 0 Å². The Morgan fingerprint density at radius 3 is 2.93 bits per heavy atom. The Bertz CT molecular complexity index is 396.